The van der Waals surface area contributed by atoms with Crippen LogP contribution in [0.5, 0.6) is 0 Å². The molecule has 0 radical (unpaired) electrons. The molecule has 0 bridgehead atoms. The van der Waals surface area contributed by atoms with E-state index in [2.05, 4.69) is 15.0 Å². The smallest absolute Gasteiger partial charge is 0.263 e. The van der Waals surface area contributed by atoms with E-state index in [9.17, 15) is 4.79 Å². The zero-order chi connectivity index (χ0) is 25.0. The Labute approximate surface area is 211 Å². The van der Waals surface area contributed by atoms with Gasteiger partial charge in [-0.2, -0.15) is 5.10 Å². The summed E-state index contributed by atoms with van der Waals surface area (Å²) in [7, 11) is 1.64. The highest BCUT2D eigenvalue weighted by Gasteiger charge is 2.28. The van der Waals surface area contributed by atoms with Gasteiger partial charge < -0.3 is 14.4 Å². The largest absolute Gasteiger partial charge is 0.377 e. The molecule has 0 unspecified atom stereocenters. The van der Waals surface area contributed by atoms with E-state index >= 15 is 4.39 Å². The number of anilines is 1. The van der Waals surface area contributed by atoms with E-state index in [4.69, 9.17) is 26.1 Å². The molecule has 0 N–H and O–H groups in total. The molecule has 4 aromatic rings. The Kier molecular flexibility index (Phi) is 5.74. The molecule has 5 heterocycles. The van der Waals surface area contributed by atoms with E-state index in [1.807, 2.05) is 17.1 Å². The Morgan fingerprint density at radius 3 is 2.78 bits per heavy atom. The second-order valence-electron chi connectivity index (χ2n) is 9.12. The number of rotatable bonds is 4. The van der Waals surface area contributed by atoms with Gasteiger partial charge in [-0.3, -0.25) is 14.0 Å². The van der Waals surface area contributed by atoms with Crippen LogP contribution < -0.4 is 10.5 Å². The molecule has 6 rings (SSSR count). The van der Waals surface area contributed by atoms with Crippen LogP contribution in [0.4, 0.5) is 10.2 Å². The van der Waals surface area contributed by atoms with Gasteiger partial charge in [0.05, 0.1) is 48.7 Å². The molecule has 0 aliphatic carbocycles. The van der Waals surface area contributed by atoms with E-state index in [1.165, 1.54) is 10.6 Å². The number of fused-ring (bicyclic) bond motifs is 1. The maximum Gasteiger partial charge on any atom is 0.263 e. The first-order valence-electron chi connectivity index (χ1n) is 11.7. The average molecular weight is 511 g/mol. The second kappa shape index (κ2) is 8.95. The van der Waals surface area contributed by atoms with E-state index in [0.717, 1.165) is 5.56 Å². The number of hydrogen-bond donors (Lipinski definition) is 0. The van der Waals surface area contributed by atoms with E-state index in [0.29, 0.717) is 50.1 Å². The molecule has 1 aromatic carbocycles. The molecule has 186 valence electrons. The van der Waals surface area contributed by atoms with Crippen LogP contribution >= 0.6 is 11.6 Å². The molecule has 0 saturated carbocycles. The van der Waals surface area contributed by atoms with E-state index < -0.39 is 5.82 Å². The minimum absolute atomic E-state index is 0.197. The third kappa shape index (κ3) is 3.95. The number of morpholine rings is 1. The molecule has 0 amide bonds. The standard InChI is InChI=1S/C25H24ClFN6O3/c1-14-29-20-8-22(30-24(23(20)25(34)31(14)2)18-4-3-16(26)7-19(18)27)32-5-6-36-21(11-32)15-9-28-33(10-15)17-12-35-13-17/h3-4,7-10,17,21H,5-6,11-13H2,1-2H3/t21-/m1/s1. The van der Waals surface area contributed by atoms with Crippen LogP contribution in [0.25, 0.3) is 22.2 Å². The maximum absolute atomic E-state index is 15.0. The van der Waals surface area contributed by atoms with Crippen molar-refractivity contribution in [3.63, 3.8) is 0 Å². The summed E-state index contributed by atoms with van der Waals surface area (Å²) in [5.74, 6) is 0.600. The van der Waals surface area contributed by atoms with Crippen LogP contribution in [0.1, 0.15) is 23.5 Å². The van der Waals surface area contributed by atoms with Gasteiger partial charge in [0.1, 0.15) is 23.6 Å². The van der Waals surface area contributed by atoms with Crippen LogP contribution in [-0.2, 0) is 16.5 Å². The first-order chi connectivity index (χ1) is 17.4. The highest BCUT2D eigenvalue weighted by Crippen LogP contribution is 2.33. The number of benzene rings is 1. The third-order valence-electron chi connectivity index (χ3n) is 6.84. The van der Waals surface area contributed by atoms with Gasteiger partial charge in [-0.1, -0.05) is 11.6 Å². The predicted molar refractivity (Wildman–Crippen MR) is 133 cm³/mol. The van der Waals surface area contributed by atoms with E-state index in [1.54, 1.807) is 32.2 Å². The van der Waals surface area contributed by atoms with Gasteiger partial charge >= 0.3 is 0 Å². The fourth-order valence-electron chi connectivity index (χ4n) is 4.57. The molecule has 2 aliphatic heterocycles. The Morgan fingerprint density at radius 2 is 2.03 bits per heavy atom. The summed E-state index contributed by atoms with van der Waals surface area (Å²) in [4.78, 5) is 24.7. The molecule has 2 aliphatic rings. The van der Waals surface area contributed by atoms with Crippen LogP contribution in [0.3, 0.4) is 0 Å². The fourth-order valence-corrected chi connectivity index (χ4v) is 4.73. The molecule has 36 heavy (non-hydrogen) atoms. The Balaban J connectivity index is 1.42. The molecule has 1 atom stereocenters. The van der Waals surface area contributed by atoms with Crippen molar-refractivity contribution in [2.45, 2.75) is 19.1 Å². The van der Waals surface area contributed by atoms with Crippen molar-refractivity contribution in [1.29, 1.82) is 0 Å². The zero-order valence-corrected chi connectivity index (χ0v) is 20.6. The lowest BCUT2D eigenvalue weighted by atomic mass is 10.1. The van der Waals surface area contributed by atoms with Crippen LogP contribution in [-0.4, -0.2) is 57.2 Å². The highest BCUT2D eigenvalue weighted by atomic mass is 35.5. The van der Waals surface area contributed by atoms with Gasteiger partial charge in [-0.25, -0.2) is 14.4 Å². The van der Waals surface area contributed by atoms with Crippen molar-refractivity contribution in [2.24, 2.45) is 7.05 Å². The minimum Gasteiger partial charge on any atom is -0.377 e. The van der Waals surface area contributed by atoms with Gasteiger partial charge in [0.15, 0.2) is 0 Å². The number of pyridine rings is 1. The molecule has 2 fully saturated rings. The van der Waals surface area contributed by atoms with Crippen molar-refractivity contribution < 1.29 is 13.9 Å². The summed E-state index contributed by atoms with van der Waals surface area (Å²) in [6, 6.07) is 6.40. The lowest BCUT2D eigenvalue weighted by molar-refractivity contribution is -0.0288. The zero-order valence-electron chi connectivity index (χ0n) is 19.8. The number of aromatic nitrogens is 5. The number of halogens is 2. The van der Waals surface area contributed by atoms with Gasteiger partial charge in [0.25, 0.3) is 5.56 Å². The van der Waals surface area contributed by atoms with Crippen LogP contribution in [0.2, 0.25) is 5.02 Å². The molecule has 2 saturated heterocycles. The first kappa shape index (κ1) is 23.1. The van der Waals surface area contributed by atoms with Gasteiger partial charge in [-0.15, -0.1) is 0 Å². The van der Waals surface area contributed by atoms with Gasteiger partial charge in [-0.05, 0) is 25.1 Å². The number of hydrogen-bond acceptors (Lipinski definition) is 7. The predicted octanol–water partition coefficient (Wildman–Crippen LogP) is 3.44. The summed E-state index contributed by atoms with van der Waals surface area (Å²) < 4.78 is 29.7. The van der Waals surface area contributed by atoms with Crippen molar-refractivity contribution in [2.75, 3.05) is 37.8 Å². The average Bonchev–Trinajstić information content (AvgIpc) is 3.30. The number of ether oxygens (including phenoxy) is 2. The van der Waals surface area contributed by atoms with Crippen molar-refractivity contribution >= 4 is 28.3 Å². The molecule has 0 spiro atoms. The molecular weight excluding hydrogens is 487 g/mol. The normalized spacial score (nSPS) is 18.6. The SMILES string of the molecule is Cc1nc2cc(N3CCO[C@@H](c4cnn(C5COC5)c4)C3)nc(-c3ccc(Cl)cc3F)c2c(=O)n1C. The molecule has 11 heteroatoms. The van der Waals surface area contributed by atoms with E-state index in [-0.39, 0.29) is 39.4 Å². The van der Waals surface area contributed by atoms with Crippen LogP contribution in [0.15, 0.2) is 41.5 Å². The lowest BCUT2D eigenvalue weighted by Gasteiger charge is -2.34. The second-order valence-corrected chi connectivity index (χ2v) is 9.56. The number of aryl methyl sites for hydroxylation is 1. The Hall–Kier alpha value is -3.34. The first-order valence-corrected chi connectivity index (χ1v) is 12.1. The third-order valence-corrected chi connectivity index (χ3v) is 7.07. The van der Waals surface area contributed by atoms with Crippen LogP contribution in [0, 0.1) is 12.7 Å². The van der Waals surface area contributed by atoms with Gasteiger partial charge in [0.2, 0.25) is 0 Å². The van der Waals surface area contributed by atoms with Crippen molar-refractivity contribution in [3.05, 3.63) is 69.2 Å². The lowest BCUT2D eigenvalue weighted by Crippen LogP contribution is -2.39. The summed E-state index contributed by atoms with van der Waals surface area (Å²) in [5, 5.41) is 5.01. The molecule has 3 aromatic heterocycles. The Morgan fingerprint density at radius 1 is 1.19 bits per heavy atom. The molecular formula is C25H24ClFN6O3. The topological polar surface area (TPSA) is 87.3 Å². The Bertz CT molecular complexity index is 1530. The van der Waals surface area contributed by atoms with Crippen molar-refractivity contribution in [3.8, 4) is 11.3 Å². The monoisotopic (exact) mass is 510 g/mol. The summed E-state index contributed by atoms with van der Waals surface area (Å²) in [6.45, 7) is 4.68. The van der Waals surface area contributed by atoms with Crippen molar-refractivity contribution in [1.82, 2.24) is 24.3 Å². The highest BCUT2D eigenvalue weighted by molar-refractivity contribution is 6.30. The number of nitrogens with zero attached hydrogens (tertiary/aromatic N) is 6. The maximum atomic E-state index is 15.0. The summed E-state index contributed by atoms with van der Waals surface area (Å²) in [5.41, 5.74) is 1.59. The summed E-state index contributed by atoms with van der Waals surface area (Å²) >= 11 is 5.99. The van der Waals surface area contributed by atoms with Gasteiger partial charge in [0, 0.05) is 48.5 Å². The minimum atomic E-state index is -0.552. The quantitative estimate of drug-likeness (QED) is 0.415. The summed E-state index contributed by atoms with van der Waals surface area (Å²) in [6.07, 6.45) is 3.61. The molecule has 9 nitrogen and oxygen atoms in total. The fraction of sp³-hybridized carbons (Fsp3) is 0.360.